The number of benzene rings is 4. The molecule has 7 heteroatoms. The van der Waals surface area contributed by atoms with Crippen molar-refractivity contribution in [1.82, 2.24) is 0 Å². The van der Waals surface area contributed by atoms with E-state index < -0.39 is 21.4 Å². The number of carbonyl (C=O) groups excluding carboxylic acids is 1. The zero-order valence-corrected chi connectivity index (χ0v) is 21.4. The molecule has 0 aliphatic rings. The van der Waals surface area contributed by atoms with Gasteiger partial charge in [-0.2, -0.15) is 0 Å². The lowest BCUT2D eigenvalue weighted by molar-refractivity contribution is 0.104. The van der Waals surface area contributed by atoms with Crippen molar-refractivity contribution in [2.45, 2.75) is 12.4 Å². The third kappa shape index (κ3) is 6.43. The number of sulfone groups is 1. The second kappa shape index (κ2) is 11.6. The Morgan fingerprint density at radius 1 is 0.778 bits per heavy atom. The molecule has 4 nitrogen and oxygen atoms in total. The summed E-state index contributed by atoms with van der Waals surface area (Å²) in [6.07, 6.45) is 1.36. The summed E-state index contributed by atoms with van der Waals surface area (Å²) in [5.74, 6) is -0.613. The summed E-state index contributed by atoms with van der Waals surface area (Å²) in [6, 6.07) is 29.3. The lowest BCUT2D eigenvalue weighted by atomic mass is 10.1. The molecule has 0 aliphatic heterocycles. The number of hydrogen-bond acceptors (Lipinski definition) is 4. The number of Topliss-reactive ketones (excluding diaryl/α,β-unsaturated/α-hetero) is 1. The molecule has 0 unspecified atom stereocenters. The number of ether oxygens (including phenoxy) is 1. The molecule has 0 aromatic heterocycles. The van der Waals surface area contributed by atoms with Crippen LogP contribution in [0.2, 0.25) is 10.0 Å². The Kier molecular flexibility index (Phi) is 8.26. The zero-order chi connectivity index (χ0) is 25.5. The second-order valence-corrected chi connectivity index (χ2v) is 10.8. The van der Waals surface area contributed by atoms with Crippen LogP contribution in [-0.2, 0) is 22.2 Å². The van der Waals surface area contributed by atoms with Crippen molar-refractivity contribution >= 4 is 44.9 Å². The van der Waals surface area contributed by atoms with Crippen molar-refractivity contribution in [3.05, 3.63) is 140 Å². The van der Waals surface area contributed by atoms with Gasteiger partial charge in [0, 0.05) is 21.2 Å². The van der Waals surface area contributed by atoms with Crippen LogP contribution in [0.25, 0.3) is 6.08 Å². The molecule has 182 valence electrons. The number of halogens is 2. The smallest absolute Gasteiger partial charge is 0.204 e. The van der Waals surface area contributed by atoms with Gasteiger partial charge in [-0.05, 0) is 53.6 Å². The minimum atomic E-state index is -4.10. The van der Waals surface area contributed by atoms with Crippen molar-refractivity contribution in [3.63, 3.8) is 0 Å². The van der Waals surface area contributed by atoms with Gasteiger partial charge in [0.2, 0.25) is 5.78 Å². The van der Waals surface area contributed by atoms with Gasteiger partial charge >= 0.3 is 0 Å². The molecule has 36 heavy (non-hydrogen) atoms. The highest BCUT2D eigenvalue weighted by Gasteiger charge is 2.27. The molecular weight excluding hydrogens is 515 g/mol. The van der Waals surface area contributed by atoms with Crippen molar-refractivity contribution in [1.29, 1.82) is 0 Å². The highest BCUT2D eigenvalue weighted by Crippen LogP contribution is 2.29. The largest absolute Gasteiger partial charge is 0.488 e. The third-order valence-corrected chi connectivity index (χ3v) is 7.70. The highest BCUT2D eigenvalue weighted by molar-refractivity contribution is 7.95. The predicted molar refractivity (Wildman–Crippen MR) is 145 cm³/mol. The number of hydrogen-bond donors (Lipinski definition) is 0. The first-order valence-corrected chi connectivity index (χ1v) is 13.5. The maximum absolute atomic E-state index is 13.6. The summed E-state index contributed by atoms with van der Waals surface area (Å²) in [6.45, 7) is 0.290. The summed E-state index contributed by atoms with van der Waals surface area (Å²) in [5, 5.41) is 0.752. The summed E-state index contributed by atoms with van der Waals surface area (Å²) in [4.78, 5) is 13.1. The molecule has 4 aromatic carbocycles. The Hall–Kier alpha value is -3.38. The lowest BCUT2D eigenvalue weighted by Crippen LogP contribution is -2.16. The molecule has 0 heterocycles. The van der Waals surface area contributed by atoms with Crippen molar-refractivity contribution in [3.8, 4) is 5.75 Å². The normalized spacial score (nSPS) is 11.8. The molecule has 0 radical (unpaired) electrons. The van der Waals surface area contributed by atoms with Crippen molar-refractivity contribution < 1.29 is 17.9 Å². The van der Waals surface area contributed by atoms with Crippen LogP contribution in [0.15, 0.2) is 108 Å². The summed E-state index contributed by atoms with van der Waals surface area (Å²) < 4.78 is 33.2. The van der Waals surface area contributed by atoms with E-state index in [1.54, 1.807) is 60.7 Å². The summed E-state index contributed by atoms with van der Waals surface area (Å²) in [5.41, 5.74) is 2.03. The van der Waals surface area contributed by atoms with Gasteiger partial charge in [-0.25, -0.2) is 8.42 Å². The number of carbonyl (C=O) groups is 1. The molecule has 0 fully saturated rings. The van der Waals surface area contributed by atoms with Crippen LogP contribution in [0.5, 0.6) is 5.75 Å². The minimum Gasteiger partial charge on any atom is -0.488 e. The van der Waals surface area contributed by atoms with Gasteiger partial charge in [-0.3, -0.25) is 4.79 Å². The van der Waals surface area contributed by atoms with E-state index >= 15 is 0 Å². The van der Waals surface area contributed by atoms with Crippen LogP contribution in [0, 0.1) is 0 Å². The Bertz CT molecular complexity index is 1500. The topological polar surface area (TPSA) is 60.4 Å². The molecule has 4 aromatic rings. The van der Waals surface area contributed by atoms with Crippen LogP contribution >= 0.6 is 23.2 Å². The first-order chi connectivity index (χ1) is 17.3. The Morgan fingerprint density at radius 3 is 2.14 bits per heavy atom. The summed E-state index contributed by atoms with van der Waals surface area (Å²) >= 11 is 12.2. The fraction of sp³-hybridized carbons (Fsp3) is 0.0690. The highest BCUT2D eigenvalue weighted by atomic mass is 35.5. The van der Waals surface area contributed by atoms with E-state index in [-0.39, 0.29) is 10.5 Å². The van der Waals surface area contributed by atoms with Crippen LogP contribution in [0.4, 0.5) is 0 Å². The van der Waals surface area contributed by atoms with Gasteiger partial charge in [0.15, 0.2) is 9.84 Å². The van der Waals surface area contributed by atoms with Gasteiger partial charge in [0.1, 0.15) is 17.3 Å². The average Bonchev–Trinajstić information content (AvgIpc) is 2.88. The maximum atomic E-state index is 13.6. The minimum absolute atomic E-state index is 0.205. The van der Waals surface area contributed by atoms with E-state index in [2.05, 4.69) is 0 Å². The molecule has 0 atom stereocenters. The fourth-order valence-electron chi connectivity index (χ4n) is 3.55. The monoisotopic (exact) mass is 536 g/mol. The quantitative estimate of drug-likeness (QED) is 0.165. The number of ketones is 1. The third-order valence-electron chi connectivity index (χ3n) is 5.41. The number of rotatable bonds is 9. The van der Waals surface area contributed by atoms with E-state index in [1.165, 1.54) is 18.2 Å². The van der Waals surface area contributed by atoms with E-state index in [0.29, 0.717) is 33.5 Å². The van der Waals surface area contributed by atoms with Gasteiger partial charge in [-0.15, -0.1) is 0 Å². The lowest BCUT2D eigenvalue weighted by Gasteiger charge is -2.13. The Balaban J connectivity index is 1.76. The van der Waals surface area contributed by atoms with E-state index in [1.807, 2.05) is 30.3 Å². The first kappa shape index (κ1) is 25.7. The van der Waals surface area contributed by atoms with Crippen LogP contribution in [0.1, 0.15) is 27.0 Å². The molecule has 0 amide bonds. The van der Waals surface area contributed by atoms with E-state index in [9.17, 15) is 13.2 Å². The van der Waals surface area contributed by atoms with Crippen LogP contribution in [0.3, 0.4) is 0 Å². The van der Waals surface area contributed by atoms with Gasteiger partial charge < -0.3 is 4.74 Å². The van der Waals surface area contributed by atoms with Gasteiger partial charge in [0.25, 0.3) is 0 Å². The van der Waals surface area contributed by atoms with E-state index in [4.69, 9.17) is 27.9 Å². The molecule has 0 saturated carbocycles. The number of para-hydroxylation sites is 1. The fourth-order valence-corrected chi connectivity index (χ4v) is 5.48. The molecule has 0 spiro atoms. The summed E-state index contributed by atoms with van der Waals surface area (Å²) in [7, 11) is -4.10. The second-order valence-electron chi connectivity index (χ2n) is 8.01. The Labute approximate surface area is 220 Å². The van der Waals surface area contributed by atoms with Crippen molar-refractivity contribution in [2.75, 3.05) is 0 Å². The SMILES string of the molecule is O=C(/C(=C/c1ccccc1OCc1ccccc1)S(=O)(=O)Cc1ccccc1Cl)c1ccc(Cl)cc1. The van der Waals surface area contributed by atoms with Crippen molar-refractivity contribution in [2.24, 2.45) is 0 Å². The van der Waals surface area contributed by atoms with Gasteiger partial charge in [0.05, 0.1) is 5.75 Å². The first-order valence-electron chi connectivity index (χ1n) is 11.1. The van der Waals surface area contributed by atoms with Gasteiger partial charge in [-0.1, -0.05) is 89.9 Å². The number of allylic oxidation sites excluding steroid dienone is 1. The zero-order valence-electron chi connectivity index (χ0n) is 19.1. The maximum Gasteiger partial charge on any atom is 0.204 e. The van der Waals surface area contributed by atoms with Crippen LogP contribution < -0.4 is 4.74 Å². The van der Waals surface area contributed by atoms with Crippen LogP contribution in [-0.4, -0.2) is 14.2 Å². The Morgan fingerprint density at radius 2 is 1.42 bits per heavy atom. The molecule has 0 saturated heterocycles. The standard InChI is InChI=1S/C29H22Cl2O4S/c30-25-16-14-22(15-17-25)29(32)28(36(33,34)20-24-11-4-6-12-26(24)31)18-23-10-5-7-13-27(23)35-19-21-8-2-1-3-9-21/h1-18H,19-20H2/b28-18-. The van der Waals surface area contributed by atoms with E-state index in [0.717, 1.165) is 5.56 Å². The molecule has 4 rings (SSSR count). The molecule has 0 bridgehead atoms. The predicted octanol–water partition coefficient (Wildman–Crippen LogP) is 7.41. The average molecular weight is 537 g/mol. The molecule has 0 N–H and O–H groups in total. The molecule has 0 aliphatic carbocycles. The molecular formula is C29H22Cl2O4S.